The van der Waals surface area contributed by atoms with Crippen LogP contribution in [0, 0.1) is 0 Å². The van der Waals surface area contributed by atoms with Gasteiger partial charge in [-0.15, -0.1) is 0 Å². The Bertz CT molecular complexity index is 448. The minimum atomic E-state index is 0.0896. The first-order chi connectivity index (χ1) is 9.41. The lowest BCUT2D eigenvalue weighted by Crippen LogP contribution is -2.42. The predicted octanol–water partition coefficient (Wildman–Crippen LogP) is 2.04. The van der Waals surface area contributed by atoms with Gasteiger partial charge in [-0.05, 0) is 26.0 Å². The van der Waals surface area contributed by atoms with Gasteiger partial charge in [-0.1, -0.05) is 30.4 Å². The maximum atomic E-state index is 12.2. The first kappa shape index (κ1) is 16.4. The summed E-state index contributed by atoms with van der Waals surface area (Å²) in [5, 5.41) is 0. The summed E-state index contributed by atoms with van der Waals surface area (Å²) in [6, 6.07) is 10.0. The van der Waals surface area contributed by atoms with Crippen molar-refractivity contribution in [1.29, 1.82) is 0 Å². The fourth-order valence-corrected chi connectivity index (χ4v) is 1.84. The van der Waals surface area contributed by atoms with Crippen LogP contribution in [0.5, 0.6) is 0 Å². The number of para-hydroxylation sites is 1. The van der Waals surface area contributed by atoms with Crippen LogP contribution in [-0.2, 0) is 4.79 Å². The number of nitrogens with zero attached hydrogens (tertiary/aromatic N) is 2. The average Bonchev–Trinajstić information content (AvgIpc) is 2.42. The molecule has 0 aliphatic heterocycles. The van der Waals surface area contributed by atoms with Crippen LogP contribution in [-0.4, -0.2) is 42.0 Å². The second-order valence-electron chi connectivity index (χ2n) is 5.07. The van der Waals surface area contributed by atoms with E-state index in [0.29, 0.717) is 24.5 Å². The van der Waals surface area contributed by atoms with Crippen molar-refractivity contribution in [2.24, 2.45) is 5.73 Å². The van der Waals surface area contributed by atoms with Gasteiger partial charge in [-0.3, -0.25) is 4.79 Å². The van der Waals surface area contributed by atoms with Gasteiger partial charge in [0.25, 0.3) is 0 Å². The minimum absolute atomic E-state index is 0.0896. The molecule has 1 rings (SSSR count). The monoisotopic (exact) mass is 293 g/mol. The van der Waals surface area contributed by atoms with E-state index in [2.05, 4.69) is 0 Å². The van der Waals surface area contributed by atoms with E-state index in [1.165, 1.54) is 0 Å². The highest BCUT2D eigenvalue weighted by atomic mass is 32.1. The van der Waals surface area contributed by atoms with E-state index in [1.807, 2.05) is 56.1 Å². The van der Waals surface area contributed by atoms with Gasteiger partial charge >= 0.3 is 0 Å². The summed E-state index contributed by atoms with van der Waals surface area (Å²) >= 11 is 4.93. The lowest BCUT2D eigenvalue weighted by atomic mass is 10.2. The van der Waals surface area contributed by atoms with Gasteiger partial charge in [0, 0.05) is 31.7 Å². The van der Waals surface area contributed by atoms with Crippen molar-refractivity contribution in [3.8, 4) is 0 Å². The highest BCUT2D eigenvalue weighted by Gasteiger charge is 2.16. The molecule has 2 N–H and O–H groups in total. The molecule has 0 aromatic heterocycles. The second kappa shape index (κ2) is 7.85. The first-order valence-corrected chi connectivity index (χ1v) is 7.16. The number of carbonyl (C=O) groups is 1. The van der Waals surface area contributed by atoms with Gasteiger partial charge in [0.1, 0.15) is 0 Å². The Hall–Kier alpha value is -1.62. The third kappa shape index (κ3) is 5.17. The Labute approximate surface area is 126 Å². The van der Waals surface area contributed by atoms with E-state index >= 15 is 0 Å². The maximum absolute atomic E-state index is 12.2. The molecule has 0 saturated carbocycles. The van der Waals surface area contributed by atoms with Crippen molar-refractivity contribution in [2.75, 3.05) is 25.0 Å². The van der Waals surface area contributed by atoms with E-state index in [4.69, 9.17) is 18.0 Å². The van der Waals surface area contributed by atoms with Crippen molar-refractivity contribution >= 4 is 28.8 Å². The van der Waals surface area contributed by atoms with Crippen molar-refractivity contribution in [2.45, 2.75) is 26.3 Å². The molecule has 0 heterocycles. The molecule has 0 saturated heterocycles. The first-order valence-electron chi connectivity index (χ1n) is 6.75. The standard InChI is InChI=1S/C15H23N3OS/c1-12(2)17(3)15(19)11-18(10-9-14(16)20)13-7-5-4-6-8-13/h4-8,12H,9-11H2,1-3H3,(H2,16,20). The summed E-state index contributed by atoms with van der Waals surface area (Å²) < 4.78 is 0. The zero-order chi connectivity index (χ0) is 15.1. The van der Waals surface area contributed by atoms with Gasteiger partial charge in [0.2, 0.25) is 5.91 Å². The highest BCUT2D eigenvalue weighted by molar-refractivity contribution is 7.80. The fourth-order valence-electron chi connectivity index (χ4n) is 1.75. The van der Waals surface area contributed by atoms with Crippen molar-refractivity contribution in [3.05, 3.63) is 30.3 Å². The van der Waals surface area contributed by atoms with E-state index in [-0.39, 0.29) is 11.9 Å². The molecular weight excluding hydrogens is 270 g/mol. The molecule has 0 aliphatic carbocycles. The zero-order valence-corrected chi connectivity index (χ0v) is 13.2. The number of benzene rings is 1. The second-order valence-corrected chi connectivity index (χ2v) is 5.60. The van der Waals surface area contributed by atoms with E-state index in [9.17, 15) is 4.79 Å². The van der Waals surface area contributed by atoms with Crippen LogP contribution < -0.4 is 10.6 Å². The molecule has 1 amide bonds. The van der Waals surface area contributed by atoms with Crippen LogP contribution in [0.3, 0.4) is 0 Å². The van der Waals surface area contributed by atoms with Crippen LogP contribution in [0.15, 0.2) is 30.3 Å². The summed E-state index contributed by atoms with van der Waals surface area (Å²) in [4.78, 5) is 16.5. The number of amides is 1. The molecule has 0 fully saturated rings. The fraction of sp³-hybridized carbons (Fsp3) is 0.467. The number of thiocarbonyl (C=S) groups is 1. The van der Waals surface area contributed by atoms with Crippen molar-refractivity contribution in [1.82, 2.24) is 4.90 Å². The summed E-state index contributed by atoms with van der Waals surface area (Å²) in [5.41, 5.74) is 6.58. The van der Waals surface area contributed by atoms with Crippen LogP contribution in [0.25, 0.3) is 0 Å². The van der Waals surface area contributed by atoms with Crippen molar-refractivity contribution in [3.63, 3.8) is 0 Å². The molecule has 0 spiro atoms. The number of anilines is 1. The Morgan fingerprint density at radius 2 is 1.90 bits per heavy atom. The van der Waals surface area contributed by atoms with Gasteiger partial charge in [0.05, 0.1) is 11.5 Å². The van der Waals surface area contributed by atoms with Gasteiger partial charge in [-0.25, -0.2) is 0 Å². The summed E-state index contributed by atoms with van der Waals surface area (Å²) in [5.74, 6) is 0.0896. The smallest absolute Gasteiger partial charge is 0.242 e. The summed E-state index contributed by atoms with van der Waals surface area (Å²) in [7, 11) is 1.82. The summed E-state index contributed by atoms with van der Waals surface area (Å²) in [6.07, 6.45) is 0.600. The zero-order valence-electron chi connectivity index (χ0n) is 12.4. The lowest BCUT2D eigenvalue weighted by Gasteiger charge is -2.28. The third-order valence-electron chi connectivity index (χ3n) is 3.24. The Morgan fingerprint density at radius 3 is 2.40 bits per heavy atom. The molecule has 0 bridgehead atoms. The number of nitrogens with two attached hydrogens (primary N) is 1. The van der Waals surface area contributed by atoms with Crippen LogP contribution in [0.4, 0.5) is 5.69 Å². The topological polar surface area (TPSA) is 49.6 Å². The third-order valence-corrected chi connectivity index (χ3v) is 3.45. The molecular formula is C15H23N3OS. The van der Waals surface area contributed by atoms with Gasteiger partial charge in [-0.2, -0.15) is 0 Å². The van der Waals surface area contributed by atoms with E-state index in [0.717, 1.165) is 5.69 Å². The number of hydrogen-bond donors (Lipinski definition) is 1. The number of hydrogen-bond acceptors (Lipinski definition) is 3. The van der Waals surface area contributed by atoms with Crippen LogP contribution in [0.2, 0.25) is 0 Å². The van der Waals surface area contributed by atoms with E-state index < -0.39 is 0 Å². The highest BCUT2D eigenvalue weighted by Crippen LogP contribution is 2.14. The lowest BCUT2D eigenvalue weighted by molar-refractivity contribution is -0.129. The van der Waals surface area contributed by atoms with Crippen LogP contribution >= 0.6 is 12.2 Å². The molecule has 0 atom stereocenters. The molecule has 20 heavy (non-hydrogen) atoms. The van der Waals surface area contributed by atoms with Crippen molar-refractivity contribution < 1.29 is 4.79 Å². The SMILES string of the molecule is CC(C)N(C)C(=O)CN(CCC(N)=S)c1ccccc1. The number of likely N-dealkylation sites (N-methyl/N-ethyl adjacent to an activating group) is 1. The molecule has 0 radical (unpaired) electrons. The molecule has 5 heteroatoms. The Morgan fingerprint density at radius 1 is 1.30 bits per heavy atom. The largest absolute Gasteiger partial charge is 0.393 e. The van der Waals surface area contributed by atoms with Gasteiger partial charge in [0.15, 0.2) is 0 Å². The van der Waals surface area contributed by atoms with Gasteiger partial charge < -0.3 is 15.5 Å². The Kier molecular flexibility index (Phi) is 6.45. The molecule has 1 aromatic rings. The van der Waals surface area contributed by atoms with Crippen LogP contribution in [0.1, 0.15) is 20.3 Å². The Balaban J connectivity index is 2.78. The predicted molar refractivity (Wildman–Crippen MR) is 88.0 cm³/mol. The number of rotatable bonds is 7. The normalized spacial score (nSPS) is 10.4. The quantitative estimate of drug-likeness (QED) is 0.782. The molecule has 0 aliphatic rings. The number of carbonyl (C=O) groups excluding carboxylic acids is 1. The molecule has 110 valence electrons. The molecule has 0 unspecified atom stereocenters. The average molecular weight is 293 g/mol. The molecule has 1 aromatic carbocycles. The van der Waals surface area contributed by atoms with E-state index in [1.54, 1.807) is 4.90 Å². The minimum Gasteiger partial charge on any atom is -0.393 e. The summed E-state index contributed by atoms with van der Waals surface area (Å²) in [6.45, 7) is 4.98. The maximum Gasteiger partial charge on any atom is 0.242 e. The molecule has 4 nitrogen and oxygen atoms in total.